The third-order valence-corrected chi connectivity index (χ3v) is 5.31. The quantitative estimate of drug-likeness (QED) is 0.418. The van der Waals surface area contributed by atoms with E-state index < -0.39 is 10.7 Å². The summed E-state index contributed by atoms with van der Waals surface area (Å²) in [6.45, 7) is 4.48. The van der Waals surface area contributed by atoms with Gasteiger partial charge in [-0.3, -0.25) is 9.59 Å². The number of hydrogen-bond donors (Lipinski definition) is 2. The van der Waals surface area contributed by atoms with Gasteiger partial charge in [-0.2, -0.15) is 5.26 Å². The van der Waals surface area contributed by atoms with Crippen LogP contribution in [0.5, 0.6) is 0 Å². The third kappa shape index (κ3) is 12.3. The number of nitrogens with one attached hydrogen (secondary N) is 1. The number of nitriles is 1. The topological polar surface area (TPSA) is 99.4 Å². The molecule has 1 amide bonds. The molecule has 0 saturated carbocycles. The molecule has 23 heavy (non-hydrogen) atoms. The molecule has 0 aliphatic heterocycles. The van der Waals surface area contributed by atoms with E-state index in [0.717, 1.165) is 5.75 Å². The van der Waals surface area contributed by atoms with Crippen molar-refractivity contribution < 1.29 is 19.4 Å². The minimum atomic E-state index is -0.915. The molecule has 0 radical (unpaired) electrons. The van der Waals surface area contributed by atoms with Crippen LogP contribution < -0.4 is 5.32 Å². The van der Waals surface area contributed by atoms with Crippen molar-refractivity contribution in [2.24, 2.45) is 0 Å². The molecule has 0 rings (SSSR count). The SMILES string of the molecule is CCSC(=S)SC(C)(C#N)CCC(=O)NCCOCCC(=O)O. The van der Waals surface area contributed by atoms with Crippen LogP contribution in [0.2, 0.25) is 0 Å². The molecule has 9 heteroatoms. The van der Waals surface area contributed by atoms with E-state index in [9.17, 15) is 14.9 Å². The Morgan fingerprint density at radius 2 is 2.09 bits per heavy atom. The summed E-state index contributed by atoms with van der Waals surface area (Å²) in [4.78, 5) is 22.0. The number of hydrogen-bond acceptors (Lipinski definition) is 7. The van der Waals surface area contributed by atoms with Crippen LogP contribution in [0.4, 0.5) is 0 Å². The summed E-state index contributed by atoms with van der Waals surface area (Å²) in [6.07, 6.45) is 0.581. The molecule has 0 fully saturated rings. The van der Waals surface area contributed by atoms with Gasteiger partial charge < -0.3 is 15.2 Å². The summed E-state index contributed by atoms with van der Waals surface area (Å²) in [5.74, 6) is -0.222. The lowest BCUT2D eigenvalue weighted by Crippen LogP contribution is -2.29. The van der Waals surface area contributed by atoms with Crippen LogP contribution >= 0.6 is 35.7 Å². The van der Waals surface area contributed by atoms with Crippen molar-refractivity contribution in [2.45, 2.75) is 37.9 Å². The van der Waals surface area contributed by atoms with E-state index in [2.05, 4.69) is 11.4 Å². The zero-order chi connectivity index (χ0) is 17.7. The molecule has 0 spiro atoms. The van der Waals surface area contributed by atoms with E-state index in [1.807, 2.05) is 6.92 Å². The van der Waals surface area contributed by atoms with Gasteiger partial charge in [0.25, 0.3) is 0 Å². The van der Waals surface area contributed by atoms with E-state index in [4.69, 9.17) is 22.1 Å². The van der Waals surface area contributed by atoms with Gasteiger partial charge in [0, 0.05) is 13.0 Å². The number of thioether (sulfide) groups is 2. The smallest absolute Gasteiger partial charge is 0.305 e. The van der Waals surface area contributed by atoms with Gasteiger partial charge in [-0.25, -0.2) is 0 Å². The lowest BCUT2D eigenvalue weighted by Gasteiger charge is -2.20. The van der Waals surface area contributed by atoms with Gasteiger partial charge in [-0.05, 0) is 19.1 Å². The third-order valence-electron chi connectivity index (χ3n) is 2.67. The van der Waals surface area contributed by atoms with Gasteiger partial charge in [-0.1, -0.05) is 30.9 Å². The molecular formula is C14H22N2O4S3. The van der Waals surface area contributed by atoms with E-state index >= 15 is 0 Å². The van der Waals surface area contributed by atoms with Gasteiger partial charge >= 0.3 is 5.97 Å². The number of carbonyl (C=O) groups excluding carboxylic acids is 1. The average molecular weight is 379 g/mol. The number of carboxylic acid groups (broad SMARTS) is 1. The standard InChI is InChI=1S/C14H22N2O4S3/c1-3-22-13(21)23-14(2,10-15)6-4-11(17)16-7-9-20-8-5-12(18)19/h3-9H2,1-2H3,(H,16,17)(H,18,19). The number of rotatable bonds is 11. The van der Waals surface area contributed by atoms with Crippen molar-refractivity contribution in [2.75, 3.05) is 25.5 Å². The summed E-state index contributed by atoms with van der Waals surface area (Å²) in [5, 5.41) is 20.4. The zero-order valence-electron chi connectivity index (χ0n) is 13.3. The normalized spacial score (nSPS) is 12.9. The second kappa shape index (κ2) is 12.6. The minimum absolute atomic E-state index is 0.0542. The number of nitrogens with zero attached hydrogens (tertiary/aromatic N) is 1. The van der Waals surface area contributed by atoms with Crippen LogP contribution in [0.3, 0.4) is 0 Å². The Labute approximate surface area is 150 Å². The summed E-state index contributed by atoms with van der Waals surface area (Å²) >= 11 is 8.03. The second-order valence-electron chi connectivity index (χ2n) is 4.73. The highest BCUT2D eigenvalue weighted by molar-refractivity contribution is 8.47. The number of ether oxygens (including phenoxy) is 1. The number of carboxylic acids is 1. The maximum absolute atomic E-state index is 11.7. The molecule has 0 aromatic heterocycles. The molecule has 0 aliphatic carbocycles. The Morgan fingerprint density at radius 3 is 2.65 bits per heavy atom. The van der Waals surface area contributed by atoms with E-state index in [0.29, 0.717) is 16.5 Å². The van der Waals surface area contributed by atoms with Gasteiger partial charge in [0.2, 0.25) is 5.91 Å². The van der Waals surface area contributed by atoms with Crippen LogP contribution in [-0.4, -0.2) is 50.8 Å². The van der Waals surface area contributed by atoms with Crippen LogP contribution in [0.1, 0.15) is 33.1 Å². The predicted octanol–water partition coefficient (Wildman–Crippen LogP) is 2.43. The monoisotopic (exact) mass is 378 g/mol. The molecule has 0 bridgehead atoms. The fraction of sp³-hybridized carbons (Fsp3) is 0.714. The fourth-order valence-corrected chi connectivity index (χ4v) is 4.33. The van der Waals surface area contributed by atoms with Crippen LogP contribution in [0.15, 0.2) is 0 Å². The molecule has 1 unspecified atom stereocenters. The summed E-state index contributed by atoms with van der Waals surface area (Å²) in [6, 6.07) is 2.22. The highest BCUT2D eigenvalue weighted by Crippen LogP contribution is 2.34. The largest absolute Gasteiger partial charge is 0.481 e. The Hall–Kier alpha value is -0.820. The second-order valence-corrected chi connectivity index (χ2v) is 8.70. The highest BCUT2D eigenvalue weighted by atomic mass is 32.2. The van der Waals surface area contributed by atoms with Gasteiger partial charge in [-0.15, -0.1) is 11.8 Å². The minimum Gasteiger partial charge on any atom is -0.481 e. The number of amides is 1. The lowest BCUT2D eigenvalue weighted by molar-refractivity contribution is -0.138. The van der Waals surface area contributed by atoms with Crippen LogP contribution in [0.25, 0.3) is 0 Å². The summed E-state index contributed by atoms with van der Waals surface area (Å²) in [7, 11) is 0. The number of thiocarbonyl (C=S) groups is 1. The van der Waals surface area contributed by atoms with Gasteiger partial charge in [0.1, 0.15) is 8.28 Å². The maximum atomic E-state index is 11.7. The molecule has 0 aromatic carbocycles. The van der Waals surface area contributed by atoms with Crippen molar-refractivity contribution >= 4 is 51.1 Å². The predicted molar refractivity (Wildman–Crippen MR) is 97.7 cm³/mol. The van der Waals surface area contributed by atoms with Crippen molar-refractivity contribution in [3.63, 3.8) is 0 Å². The first-order valence-electron chi connectivity index (χ1n) is 7.16. The van der Waals surface area contributed by atoms with E-state index in [-0.39, 0.29) is 32.0 Å². The summed E-state index contributed by atoms with van der Waals surface area (Å²) < 4.78 is 5.07. The Bertz CT molecular complexity index is 454. The number of aliphatic carboxylic acids is 1. The molecule has 2 N–H and O–H groups in total. The van der Waals surface area contributed by atoms with Crippen molar-refractivity contribution in [3.8, 4) is 6.07 Å². The first-order valence-corrected chi connectivity index (χ1v) is 9.37. The van der Waals surface area contributed by atoms with E-state index in [1.165, 1.54) is 23.5 Å². The Morgan fingerprint density at radius 1 is 1.39 bits per heavy atom. The van der Waals surface area contributed by atoms with Gasteiger partial charge in [0.15, 0.2) is 0 Å². The highest BCUT2D eigenvalue weighted by Gasteiger charge is 2.27. The Balaban J connectivity index is 3.94. The van der Waals surface area contributed by atoms with E-state index in [1.54, 1.807) is 6.92 Å². The molecular weight excluding hydrogens is 356 g/mol. The molecule has 0 aliphatic rings. The van der Waals surface area contributed by atoms with Crippen LogP contribution in [-0.2, 0) is 14.3 Å². The molecule has 6 nitrogen and oxygen atoms in total. The first-order chi connectivity index (χ1) is 10.8. The maximum Gasteiger partial charge on any atom is 0.305 e. The molecule has 0 aromatic rings. The van der Waals surface area contributed by atoms with Crippen molar-refractivity contribution in [1.82, 2.24) is 5.32 Å². The van der Waals surface area contributed by atoms with Crippen molar-refractivity contribution in [1.29, 1.82) is 5.26 Å². The average Bonchev–Trinajstić information content (AvgIpc) is 2.48. The van der Waals surface area contributed by atoms with Crippen LogP contribution in [0, 0.1) is 11.3 Å². The van der Waals surface area contributed by atoms with Crippen molar-refractivity contribution in [3.05, 3.63) is 0 Å². The first kappa shape index (κ1) is 22.2. The molecule has 130 valence electrons. The summed E-state index contributed by atoms with van der Waals surface area (Å²) in [5.41, 5.74) is 0. The number of carbonyl (C=O) groups is 2. The molecule has 0 saturated heterocycles. The molecule has 1 atom stereocenters. The zero-order valence-corrected chi connectivity index (χ0v) is 15.7. The fourth-order valence-electron chi connectivity index (χ4n) is 1.43. The molecule has 0 heterocycles. The Kier molecular flexibility index (Phi) is 12.1. The lowest BCUT2D eigenvalue weighted by atomic mass is 10.1. The van der Waals surface area contributed by atoms with Gasteiger partial charge in [0.05, 0.1) is 25.7 Å².